The second-order valence-corrected chi connectivity index (χ2v) is 4.39. The van der Waals surface area contributed by atoms with Crippen LogP contribution in [0.4, 0.5) is 10.2 Å². The van der Waals surface area contributed by atoms with Crippen LogP contribution in [-0.4, -0.2) is 39.9 Å². The summed E-state index contributed by atoms with van der Waals surface area (Å²) in [5.74, 6) is -2.42. The molecular weight excluding hydrogens is 267 g/mol. The van der Waals surface area contributed by atoms with E-state index in [2.05, 4.69) is 10.3 Å². The van der Waals surface area contributed by atoms with Gasteiger partial charge >= 0.3 is 0 Å². The standard InChI is InChI=1S/C12H11FN4O3/c13-8-2-10(19)11(15-4-8)16-12(20)7-1-9(3-14)17(5-7)6-18/h2,4,6-7,9,19H,1,5H2,(H,15,16,20)/t7?,9-/m0/s1. The normalized spacial score (nSPS) is 21.3. The highest BCUT2D eigenvalue weighted by atomic mass is 19.1. The molecule has 0 saturated carbocycles. The van der Waals surface area contributed by atoms with E-state index in [1.807, 2.05) is 6.07 Å². The molecule has 2 amide bonds. The van der Waals surface area contributed by atoms with Gasteiger partial charge in [0.05, 0.1) is 18.2 Å². The van der Waals surface area contributed by atoms with E-state index in [1.54, 1.807) is 0 Å². The number of hydrogen-bond acceptors (Lipinski definition) is 5. The van der Waals surface area contributed by atoms with Crippen LogP contribution in [0.15, 0.2) is 12.3 Å². The van der Waals surface area contributed by atoms with Crippen LogP contribution >= 0.6 is 0 Å². The monoisotopic (exact) mass is 278 g/mol. The van der Waals surface area contributed by atoms with Gasteiger partial charge in [0, 0.05) is 12.6 Å². The van der Waals surface area contributed by atoms with E-state index < -0.39 is 29.4 Å². The van der Waals surface area contributed by atoms with Crippen LogP contribution in [0.2, 0.25) is 0 Å². The molecule has 7 nitrogen and oxygen atoms in total. The van der Waals surface area contributed by atoms with E-state index in [-0.39, 0.29) is 18.8 Å². The molecule has 2 heterocycles. The Labute approximate surface area is 113 Å². The van der Waals surface area contributed by atoms with Gasteiger partial charge in [-0.2, -0.15) is 5.26 Å². The lowest BCUT2D eigenvalue weighted by molar-refractivity contribution is -0.120. The number of aromatic hydroxyl groups is 1. The molecule has 1 fully saturated rings. The van der Waals surface area contributed by atoms with E-state index in [4.69, 9.17) is 5.26 Å². The van der Waals surface area contributed by atoms with E-state index in [0.29, 0.717) is 6.41 Å². The van der Waals surface area contributed by atoms with Crippen molar-refractivity contribution in [3.8, 4) is 11.8 Å². The fraction of sp³-hybridized carbons (Fsp3) is 0.333. The van der Waals surface area contributed by atoms with E-state index in [9.17, 15) is 19.1 Å². The zero-order valence-electron chi connectivity index (χ0n) is 10.3. The van der Waals surface area contributed by atoms with Gasteiger partial charge in [0.25, 0.3) is 0 Å². The van der Waals surface area contributed by atoms with Crippen molar-refractivity contribution in [3.05, 3.63) is 18.1 Å². The van der Waals surface area contributed by atoms with Gasteiger partial charge in [-0.15, -0.1) is 0 Å². The highest BCUT2D eigenvalue weighted by Gasteiger charge is 2.35. The zero-order chi connectivity index (χ0) is 14.7. The molecule has 0 aromatic carbocycles. The average Bonchev–Trinajstić information content (AvgIpc) is 2.85. The molecule has 1 aliphatic rings. The first-order valence-corrected chi connectivity index (χ1v) is 5.81. The number of hydrogen-bond donors (Lipinski definition) is 2. The number of halogens is 1. The Balaban J connectivity index is 2.06. The van der Waals surface area contributed by atoms with Gasteiger partial charge in [0.15, 0.2) is 11.6 Å². The Morgan fingerprint density at radius 1 is 1.70 bits per heavy atom. The Bertz CT molecular complexity index is 587. The molecule has 1 aliphatic heterocycles. The minimum Gasteiger partial charge on any atom is -0.504 e. The van der Waals surface area contributed by atoms with Crippen LogP contribution in [0.1, 0.15) is 6.42 Å². The maximum atomic E-state index is 12.8. The van der Waals surface area contributed by atoms with Crippen LogP contribution in [0.5, 0.6) is 5.75 Å². The van der Waals surface area contributed by atoms with Crippen LogP contribution in [0.25, 0.3) is 0 Å². The summed E-state index contributed by atoms with van der Waals surface area (Å²) >= 11 is 0. The Hall–Kier alpha value is -2.69. The summed E-state index contributed by atoms with van der Waals surface area (Å²) in [5.41, 5.74) is 0. The van der Waals surface area contributed by atoms with Gasteiger partial charge in [0.2, 0.25) is 12.3 Å². The first-order valence-electron chi connectivity index (χ1n) is 5.81. The molecule has 0 spiro atoms. The molecule has 1 aromatic rings. The lowest BCUT2D eigenvalue weighted by Gasteiger charge is -2.12. The third kappa shape index (κ3) is 2.66. The molecule has 8 heteroatoms. The topological polar surface area (TPSA) is 106 Å². The zero-order valence-corrected chi connectivity index (χ0v) is 10.3. The molecular formula is C12H11FN4O3. The number of aromatic nitrogens is 1. The fourth-order valence-corrected chi connectivity index (χ4v) is 2.04. The molecule has 1 saturated heterocycles. The number of amides is 2. The number of likely N-dealkylation sites (tertiary alicyclic amines) is 1. The molecule has 0 radical (unpaired) electrons. The van der Waals surface area contributed by atoms with E-state index >= 15 is 0 Å². The molecule has 104 valence electrons. The van der Waals surface area contributed by atoms with Crippen molar-refractivity contribution < 1.29 is 19.1 Å². The molecule has 2 rings (SSSR count). The minimum absolute atomic E-state index is 0.121. The maximum Gasteiger partial charge on any atom is 0.230 e. The lowest BCUT2D eigenvalue weighted by Crippen LogP contribution is -2.28. The summed E-state index contributed by atoms with van der Waals surface area (Å²) in [7, 11) is 0. The fourth-order valence-electron chi connectivity index (χ4n) is 2.04. The minimum atomic E-state index is -0.724. The van der Waals surface area contributed by atoms with Crippen LogP contribution < -0.4 is 5.32 Å². The second-order valence-electron chi connectivity index (χ2n) is 4.39. The lowest BCUT2D eigenvalue weighted by atomic mass is 10.1. The highest BCUT2D eigenvalue weighted by molar-refractivity contribution is 5.93. The quantitative estimate of drug-likeness (QED) is 0.770. The van der Waals surface area contributed by atoms with Crippen molar-refractivity contribution in [3.63, 3.8) is 0 Å². The average molecular weight is 278 g/mol. The van der Waals surface area contributed by atoms with E-state index in [1.165, 1.54) is 4.90 Å². The van der Waals surface area contributed by atoms with Crippen LogP contribution in [0.3, 0.4) is 0 Å². The predicted octanol–water partition coefficient (Wildman–Crippen LogP) is 0.235. The maximum absolute atomic E-state index is 12.8. The van der Waals surface area contributed by atoms with Gasteiger partial charge in [0.1, 0.15) is 11.9 Å². The smallest absolute Gasteiger partial charge is 0.230 e. The molecule has 0 aliphatic carbocycles. The summed E-state index contributed by atoms with van der Waals surface area (Å²) in [5, 5.41) is 20.6. The SMILES string of the molecule is N#C[C@@H]1CC(C(=O)Nc2ncc(F)cc2O)CN1C=O. The van der Waals surface area contributed by atoms with Gasteiger partial charge in [-0.05, 0) is 6.42 Å². The number of nitrogens with one attached hydrogen (secondary N) is 1. The van der Waals surface area contributed by atoms with Crippen molar-refractivity contribution in [1.29, 1.82) is 5.26 Å². The molecule has 0 bridgehead atoms. The third-order valence-corrected chi connectivity index (χ3v) is 3.07. The second kappa shape index (κ2) is 5.52. The number of carbonyl (C=O) groups is 2. The first kappa shape index (κ1) is 13.7. The highest BCUT2D eigenvalue weighted by Crippen LogP contribution is 2.25. The van der Waals surface area contributed by atoms with E-state index in [0.717, 1.165) is 12.3 Å². The Morgan fingerprint density at radius 2 is 2.45 bits per heavy atom. The van der Waals surface area contributed by atoms with Crippen LogP contribution in [-0.2, 0) is 9.59 Å². The van der Waals surface area contributed by atoms with Crippen molar-refractivity contribution in [2.24, 2.45) is 5.92 Å². The summed E-state index contributed by atoms with van der Waals surface area (Å²) < 4.78 is 12.8. The van der Waals surface area contributed by atoms with Crippen molar-refractivity contribution in [2.75, 3.05) is 11.9 Å². The molecule has 2 atom stereocenters. The van der Waals surface area contributed by atoms with Crippen molar-refractivity contribution in [2.45, 2.75) is 12.5 Å². The molecule has 20 heavy (non-hydrogen) atoms. The molecule has 2 N–H and O–H groups in total. The van der Waals surface area contributed by atoms with Gasteiger partial charge in [-0.1, -0.05) is 0 Å². The summed E-state index contributed by atoms with van der Waals surface area (Å²) in [4.78, 5) is 27.5. The van der Waals surface area contributed by atoms with Crippen molar-refractivity contribution >= 4 is 18.1 Å². The number of nitriles is 1. The third-order valence-electron chi connectivity index (χ3n) is 3.07. The first-order chi connectivity index (χ1) is 9.55. The Morgan fingerprint density at radius 3 is 3.00 bits per heavy atom. The summed E-state index contributed by atoms with van der Waals surface area (Å²) in [6, 6.07) is 2.12. The number of nitrogens with zero attached hydrogens (tertiary/aromatic N) is 3. The number of pyridine rings is 1. The van der Waals surface area contributed by atoms with Crippen LogP contribution in [0, 0.1) is 23.1 Å². The predicted molar refractivity (Wildman–Crippen MR) is 64.8 cm³/mol. The number of carbonyl (C=O) groups excluding carboxylic acids is 2. The van der Waals surface area contributed by atoms with Gasteiger partial charge in [-0.25, -0.2) is 9.37 Å². The van der Waals surface area contributed by atoms with Gasteiger partial charge < -0.3 is 15.3 Å². The number of anilines is 1. The molecule has 1 unspecified atom stereocenters. The summed E-state index contributed by atoms with van der Waals surface area (Å²) in [6.07, 6.45) is 1.59. The summed E-state index contributed by atoms with van der Waals surface area (Å²) in [6.45, 7) is 0.121. The molecule has 1 aromatic heterocycles. The number of rotatable bonds is 3. The largest absolute Gasteiger partial charge is 0.504 e. The van der Waals surface area contributed by atoms with Gasteiger partial charge in [-0.3, -0.25) is 9.59 Å². The Kier molecular flexibility index (Phi) is 3.79. The van der Waals surface area contributed by atoms with Crippen molar-refractivity contribution in [1.82, 2.24) is 9.88 Å².